The lowest BCUT2D eigenvalue weighted by atomic mass is 10.1. The number of ether oxygens (including phenoxy) is 1. The first-order valence-corrected chi connectivity index (χ1v) is 6.20. The van der Waals surface area contributed by atoms with Crippen molar-refractivity contribution in [2.75, 3.05) is 18.6 Å². The van der Waals surface area contributed by atoms with Crippen molar-refractivity contribution in [3.05, 3.63) is 45.6 Å². The number of nitrogens with zero attached hydrogens (tertiary/aromatic N) is 3. The number of aryl methyl sites for hydroxylation is 2. The second-order valence-electron chi connectivity index (χ2n) is 4.37. The van der Waals surface area contributed by atoms with Crippen molar-refractivity contribution in [3.63, 3.8) is 0 Å². The fourth-order valence-electron chi connectivity index (χ4n) is 1.97. The maximum absolute atomic E-state index is 11.0. The Morgan fingerprint density at radius 2 is 1.86 bits per heavy atom. The van der Waals surface area contributed by atoms with Crippen LogP contribution in [-0.4, -0.2) is 22.0 Å². The van der Waals surface area contributed by atoms with E-state index in [-0.39, 0.29) is 23.1 Å². The molecule has 0 saturated heterocycles. The molecule has 2 aromatic rings. The Morgan fingerprint density at radius 3 is 2.43 bits per heavy atom. The van der Waals surface area contributed by atoms with E-state index in [1.54, 1.807) is 7.11 Å². The molecule has 8 heteroatoms. The van der Waals surface area contributed by atoms with Gasteiger partial charge >= 0.3 is 5.69 Å². The van der Waals surface area contributed by atoms with Crippen LogP contribution >= 0.6 is 0 Å². The lowest BCUT2D eigenvalue weighted by Crippen LogP contribution is -2.09. The number of nitrogens with two attached hydrogens (primary N) is 2. The van der Waals surface area contributed by atoms with Crippen molar-refractivity contribution in [2.45, 2.75) is 12.8 Å². The minimum atomic E-state index is -0.585. The first-order chi connectivity index (χ1) is 10.0. The van der Waals surface area contributed by atoms with Gasteiger partial charge in [-0.25, -0.2) is 4.98 Å². The summed E-state index contributed by atoms with van der Waals surface area (Å²) in [6.45, 7) is 0. The molecule has 2 rings (SSSR count). The molecule has 0 aliphatic heterocycles. The van der Waals surface area contributed by atoms with Crippen molar-refractivity contribution < 1.29 is 9.66 Å². The molecule has 0 saturated carbocycles. The largest absolute Gasteiger partial charge is 0.497 e. The molecular weight excluding hydrogens is 274 g/mol. The minimum Gasteiger partial charge on any atom is -0.497 e. The Balaban J connectivity index is 2.20. The van der Waals surface area contributed by atoms with E-state index in [1.807, 2.05) is 24.3 Å². The highest BCUT2D eigenvalue weighted by Crippen LogP contribution is 2.25. The topological polar surface area (TPSA) is 130 Å². The van der Waals surface area contributed by atoms with Crippen LogP contribution < -0.4 is 16.2 Å². The summed E-state index contributed by atoms with van der Waals surface area (Å²) in [4.78, 5) is 18.0. The quantitative estimate of drug-likeness (QED) is 0.627. The summed E-state index contributed by atoms with van der Waals surface area (Å²) >= 11 is 0. The van der Waals surface area contributed by atoms with Crippen LogP contribution in [0.4, 0.5) is 17.5 Å². The van der Waals surface area contributed by atoms with Gasteiger partial charge in [0.2, 0.25) is 11.8 Å². The van der Waals surface area contributed by atoms with Gasteiger partial charge in [-0.15, -0.1) is 0 Å². The van der Waals surface area contributed by atoms with Crippen LogP contribution in [0.15, 0.2) is 24.3 Å². The van der Waals surface area contributed by atoms with E-state index in [2.05, 4.69) is 9.97 Å². The molecule has 0 radical (unpaired) electrons. The van der Waals surface area contributed by atoms with Crippen LogP contribution in [0.5, 0.6) is 5.75 Å². The zero-order valence-electron chi connectivity index (χ0n) is 11.4. The molecule has 1 aromatic heterocycles. The summed E-state index contributed by atoms with van der Waals surface area (Å²) < 4.78 is 5.07. The summed E-state index contributed by atoms with van der Waals surface area (Å²) in [7, 11) is 1.59. The molecule has 0 aliphatic carbocycles. The predicted octanol–water partition coefficient (Wildman–Crippen LogP) is 1.34. The predicted molar refractivity (Wildman–Crippen MR) is 77.9 cm³/mol. The Bertz CT molecular complexity index is 658. The van der Waals surface area contributed by atoms with Crippen molar-refractivity contribution in [3.8, 4) is 5.75 Å². The van der Waals surface area contributed by atoms with Gasteiger partial charge in [0.15, 0.2) is 0 Å². The summed E-state index contributed by atoms with van der Waals surface area (Å²) in [5, 5.41) is 11.0. The summed E-state index contributed by atoms with van der Waals surface area (Å²) in [6.07, 6.45) is 0.917. The second-order valence-corrected chi connectivity index (χ2v) is 4.37. The summed E-state index contributed by atoms with van der Waals surface area (Å²) in [5.74, 6) is 0.473. The molecule has 0 atom stereocenters. The third kappa shape index (κ3) is 3.35. The van der Waals surface area contributed by atoms with Crippen LogP contribution in [0.25, 0.3) is 0 Å². The number of nitro groups is 1. The van der Waals surface area contributed by atoms with Crippen molar-refractivity contribution in [1.29, 1.82) is 0 Å². The number of hydrogen-bond acceptors (Lipinski definition) is 7. The number of benzene rings is 1. The van der Waals surface area contributed by atoms with Gasteiger partial charge in [0.25, 0.3) is 0 Å². The smallest absolute Gasteiger partial charge is 0.332 e. The molecule has 0 fully saturated rings. The monoisotopic (exact) mass is 289 g/mol. The molecule has 0 aliphatic rings. The molecule has 0 amide bonds. The maximum Gasteiger partial charge on any atom is 0.332 e. The van der Waals surface area contributed by atoms with E-state index in [9.17, 15) is 10.1 Å². The molecule has 0 spiro atoms. The normalized spacial score (nSPS) is 10.3. The van der Waals surface area contributed by atoms with Crippen LogP contribution in [0.2, 0.25) is 0 Å². The molecule has 0 bridgehead atoms. The lowest BCUT2D eigenvalue weighted by Gasteiger charge is -2.06. The van der Waals surface area contributed by atoms with Gasteiger partial charge in [0.1, 0.15) is 11.4 Å². The van der Waals surface area contributed by atoms with E-state index >= 15 is 0 Å². The standard InChI is InChI=1S/C13H15N5O3/c1-21-9-5-2-8(3-6-9)4-7-10-11(18(19)20)12(14)17-13(15)16-10/h2-3,5-6H,4,7H2,1H3,(H4,14,15,16,17). The molecular formula is C13H15N5O3. The van der Waals surface area contributed by atoms with E-state index in [4.69, 9.17) is 16.2 Å². The molecule has 0 unspecified atom stereocenters. The Kier molecular flexibility index (Phi) is 4.17. The van der Waals surface area contributed by atoms with Gasteiger partial charge in [0.05, 0.1) is 12.0 Å². The van der Waals surface area contributed by atoms with Crippen molar-refractivity contribution in [1.82, 2.24) is 9.97 Å². The average Bonchev–Trinajstić information content (AvgIpc) is 2.44. The maximum atomic E-state index is 11.0. The molecule has 21 heavy (non-hydrogen) atoms. The third-order valence-electron chi connectivity index (χ3n) is 2.99. The van der Waals surface area contributed by atoms with Crippen LogP contribution in [-0.2, 0) is 12.8 Å². The number of hydrogen-bond donors (Lipinski definition) is 2. The Labute approximate surface area is 120 Å². The first kappa shape index (κ1) is 14.5. The highest BCUT2D eigenvalue weighted by Gasteiger charge is 2.21. The van der Waals surface area contributed by atoms with Gasteiger partial charge in [-0.2, -0.15) is 4.98 Å². The highest BCUT2D eigenvalue weighted by atomic mass is 16.6. The minimum absolute atomic E-state index is 0.0668. The van der Waals surface area contributed by atoms with E-state index in [1.165, 1.54) is 0 Å². The fourth-order valence-corrected chi connectivity index (χ4v) is 1.97. The molecule has 1 heterocycles. The number of anilines is 2. The highest BCUT2D eigenvalue weighted by molar-refractivity contribution is 5.57. The number of nitrogen functional groups attached to an aromatic ring is 2. The third-order valence-corrected chi connectivity index (χ3v) is 2.99. The van der Waals surface area contributed by atoms with Crippen molar-refractivity contribution >= 4 is 17.5 Å². The fraction of sp³-hybridized carbons (Fsp3) is 0.231. The Hall–Kier alpha value is -2.90. The summed E-state index contributed by atoms with van der Waals surface area (Å²) in [5.41, 5.74) is 12.0. The van der Waals surface area contributed by atoms with Gasteiger partial charge in [-0.3, -0.25) is 10.1 Å². The van der Waals surface area contributed by atoms with E-state index in [0.29, 0.717) is 12.8 Å². The van der Waals surface area contributed by atoms with E-state index in [0.717, 1.165) is 11.3 Å². The van der Waals surface area contributed by atoms with Gasteiger partial charge < -0.3 is 16.2 Å². The average molecular weight is 289 g/mol. The zero-order valence-corrected chi connectivity index (χ0v) is 11.4. The Morgan fingerprint density at radius 1 is 1.19 bits per heavy atom. The SMILES string of the molecule is COc1ccc(CCc2nc(N)nc(N)c2[N+](=O)[O-])cc1. The number of rotatable bonds is 5. The molecule has 110 valence electrons. The van der Waals surface area contributed by atoms with Crippen LogP contribution in [0, 0.1) is 10.1 Å². The van der Waals surface area contributed by atoms with Gasteiger partial charge in [-0.1, -0.05) is 12.1 Å². The first-order valence-electron chi connectivity index (χ1n) is 6.20. The van der Waals surface area contributed by atoms with E-state index < -0.39 is 4.92 Å². The van der Waals surface area contributed by atoms with Crippen LogP contribution in [0.3, 0.4) is 0 Å². The number of aromatic nitrogens is 2. The van der Waals surface area contributed by atoms with Gasteiger partial charge in [-0.05, 0) is 24.1 Å². The summed E-state index contributed by atoms with van der Waals surface area (Å²) in [6, 6.07) is 7.43. The molecule has 1 aromatic carbocycles. The van der Waals surface area contributed by atoms with Gasteiger partial charge in [0, 0.05) is 6.42 Å². The zero-order chi connectivity index (χ0) is 15.4. The van der Waals surface area contributed by atoms with Crippen LogP contribution in [0.1, 0.15) is 11.3 Å². The second kappa shape index (κ2) is 6.04. The van der Waals surface area contributed by atoms with Crippen molar-refractivity contribution in [2.24, 2.45) is 0 Å². The molecule has 8 nitrogen and oxygen atoms in total. The lowest BCUT2D eigenvalue weighted by molar-refractivity contribution is -0.385. The number of methoxy groups -OCH3 is 1. The molecule has 4 N–H and O–H groups in total.